The minimum atomic E-state index is 0.694. The van der Waals surface area contributed by atoms with Crippen molar-refractivity contribution in [2.75, 3.05) is 13.2 Å². The molecule has 2 aliphatic heterocycles. The summed E-state index contributed by atoms with van der Waals surface area (Å²) in [6.07, 6.45) is 4.92. The van der Waals surface area contributed by atoms with Crippen molar-refractivity contribution >= 4 is 0 Å². The van der Waals surface area contributed by atoms with Crippen LogP contribution in [0.4, 0.5) is 0 Å². The first-order valence-corrected chi connectivity index (χ1v) is 6.31. The van der Waals surface area contributed by atoms with E-state index in [0.717, 1.165) is 18.8 Å². The van der Waals surface area contributed by atoms with Gasteiger partial charge in [0.25, 0.3) is 0 Å². The van der Waals surface area contributed by atoms with E-state index in [-0.39, 0.29) is 0 Å². The zero-order valence-corrected chi connectivity index (χ0v) is 9.88. The van der Waals surface area contributed by atoms with E-state index in [9.17, 15) is 0 Å². The summed E-state index contributed by atoms with van der Waals surface area (Å²) >= 11 is 0. The maximum absolute atomic E-state index is 5.59. The Kier molecular flexibility index (Phi) is 2.60. The second kappa shape index (κ2) is 4.10. The highest BCUT2D eigenvalue weighted by atomic mass is 16.5. The fourth-order valence-corrected chi connectivity index (χ4v) is 2.79. The third-order valence-corrected chi connectivity index (χ3v) is 3.78. The Morgan fingerprint density at radius 3 is 3.19 bits per heavy atom. The molecule has 16 heavy (non-hydrogen) atoms. The molecule has 2 heterocycles. The topological polar surface area (TPSA) is 21.3 Å². The lowest BCUT2D eigenvalue weighted by Gasteiger charge is -2.13. The van der Waals surface area contributed by atoms with Gasteiger partial charge in [-0.05, 0) is 55.5 Å². The second-order valence-corrected chi connectivity index (χ2v) is 4.98. The molecule has 0 radical (unpaired) electrons. The van der Waals surface area contributed by atoms with Gasteiger partial charge in [0.05, 0.1) is 6.61 Å². The van der Waals surface area contributed by atoms with Crippen LogP contribution in [-0.2, 0) is 12.8 Å². The molecule has 0 amide bonds. The number of hydrogen-bond acceptors (Lipinski definition) is 2. The fraction of sp³-hybridized carbons (Fsp3) is 0.571. The number of fused-ring (bicyclic) bond motifs is 1. The van der Waals surface area contributed by atoms with Gasteiger partial charge in [0.1, 0.15) is 5.75 Å². The predicted octanol–water partition coefficient (Wildman–Crippen LogP) is 2.22. The number of rotatable bonds is 2. The smallest absolute Gasteiger partial charge is 0.122 e. The molecule has 1 aromatic carbocycles. The summed E-state index contributed by atoms with van der Waals surface area (Å²) in [5.41, 5.74) is 4.29. The van der Waals surface area contributed by atoms with Gasteiger partial charge in [-0.15, -0.1) is 0 Å². The lowest BCUT2D eigenvalue weighted by Crippen LogP contribution is -2.24. The average Bonchev–Trinajstić information content (AvgIpc) is 2.89. The highest BCUT2D eigenvalue weighted by Gasteiger charge is 2.18. The van der Waals surface area contributed by atoms with E-state index < -0.39 is 0 Å². The number of hydrogen-bond donors (Lipinski definition) is 1. The summed E-state index contributed by atoms with van der Waals surface area (Å²) < 4.78 is 5.59. The molecule has 1 aromatic rings. The van der Waals surface area contributed by atoms with Gasteiger partial charge in [-0.25, -0.2) is 0 Å². The highest BCUT2D eigenvalue weighted by molar-refractivity contribution is 5.44. The van der Waals surface area contributed by atoms with Gasteiger partial charge in [-0.1, -0.05) is 6.07 Å². The quantitative estimate of drug-likeness (QED) is 0.820. The van der Waals surface area contributed by atoms with Crippen molar-refractivity contribution in [3.8, 4) is 5.75 Å². The van der Waals surface area contributed by atoms with Crippen LogP contribution in [0, 0.1) is 6.92 Å². The molecule has 1 unspecified atom stereocenters. The molecule has 3 rings (SSSR count). The van der Waals surface area contributed by atoms with Crippen LogP contribution in [0.2, 0.25) is 0 Å². The Hall–Kier alpha value is -1.02. The SMILES string of the molecule is Cc1cc2c(cc1CC1CCCN1)CCO2. The van der Waals surface area contributed by atoms with Gasteiger partial charge in [-0.2, -0.15) is 0 Å². The molecule has 0 aromatic heterocycles. The van der Waals surface area contributed by atoms with Crippen LogP contribution in [-0.4, -0.2) is 19.2 Å². The van der Waals surface area contributed by atoms with E-state index in [1.54, 1.807) is 0 Å². The van der Waals surface area contributed by atoms with Crippen LogP contribution >= 0.6 is 0 Å². The van der Waals surface area contributed by atoms with Crippen LogP contribution < -0.4 is 10.1 Å². The van der Waals surface area contributed by atoms with Crippen LogP contribution in [0.5, 0.6) is 5.75 Å². The minimum Gasteiger partial charge on any atom is -0.493 e. The lowest BCUT2D eigenvalue weighted by atomic mass is 9.97. The Morgan fingerprint density at radius 1 is 1.44 bits per heavy atom. The maximum Gasteiger partial charge on any atom is 0.122 e. The summed E-state index contributed by atoms with van der Waals surface area (Å²) in [6.45, 7) is 4.25. The lowest BCUT2D eigenvalue weighted by molar-refractivity contribution is 0.356. The molecule has 1 fully saturated rings. The summed E-state index contributed by atoms with van der Waals surface area (Å²) in [7, 11) is 0. The Balaban J connectivity index is 1.83. The van der Waals surface area contributed by atoms with Crippen molar-refractivity contribution in [1.29, 1.82) is 0 Å². The molecule has 1 saturated heterocycles. The molecule has 2 heteroatoms. The van der Waals surface area contributed by atoms with Gasteiger partial charge in [-0.3, -0.25) is 0 Å². The van der Waals surface area contributed by atoms with Crippen molar-refractivity contribution in [2.24, 2.45) is 0 Å². The molecule has 2 aliphatic rings. The molecule has 1 atom stereocenters. The summed E-state index contributed by atoms with van der Waals surface area (Å²) in [5.74, 6) is 1.11. The van der Waals surface area contributed by atoms with Crippen molar-refractivity contribution in [3.05, 3.63) is 28.8 Å². The highest BCUT2D eigenvalue weighted by Crippen LogP contribution is 2.29. The van der Waals surface area contributed by atoms with Crippen molar-refractivity contribution in [3.63, 3.8) is 0 Å². The van der Waals surface area contributed by atoms with Crippen LogP contribution in [0.3, 0.4) is 0 Å². The van der Waals surface area contributed by atoms with Gasteiger partial charge >= 0.3 is 0 Å². The summed E-state index contributed by atoms with van der Waals surface area (Å²) in [5, 5.41) is 3.57. The second-order valence-electron chi connectivity index (χ2n) is 4.98. The third kappa shape index (κ3) is 1.82. The molecule has 1 N–H and O–H groups in total. The number of nitrogens with one attached hydrogen (secondary N) is 1. The van der Waals surface area contributed by atoms with Gasteiger partial charge < -0.3 is 10.1 Å². The number of benzene rings is 1. The van der Waals surface area contributed by atoms with Crippen molar-refractivity contribution in [2.45, 2.75) is 38.6 Å². The van der Waals surface area contributed by atoms with E-state index in [1.165, 1.54) is 42.5 Å². The molecule has 2 nitrogen and oxygen atoms in total. The summed E-state index contributed by atoms with van der Waals surface area (Å²) in [6, 6.07) is 5.27. The fourth-order valence-electron chi connectivity index (χ4n) is 2.79. The number of ether oxygens (including phenoxy) is 1. The van der Waals surface area contributed by atoms with E-state index >= 15 is 0 Å². The molecular weight excluding hydrogens is 198 g/mol. The number of aryl methyl sites for hydroxylation is 1. The zero-order chi connectivity index (χ0) is 11.0. The predicted molar refractivity (Wildman–Crippen MR) is 65.1 cm³/mol. The standard InChI is InChI=1S/C14H19NO/c1-10-7-14-11(4-6-16-14)8-12(10)9-13-3-2-5-15-13/h7-8,13,15H,2-6,9H2,1H3. The first-order chi connectivity index (χ1) is 7.83. The van der Waals surface area contributed by atoms with E-state index in [0.29, 0.717) is 6.04 Å². The molecule has 0 aliphatic carbocycles. The molecule has 0 spiro atoms. The zero-order valence-electron chi connectivity index (χ0n) is 9.88. The molecule has 86 valence electrons. The molecule has 0 saturated carbocycles. The van der Waals surface area contributed by atoms with E-state index in [4.69, 9.17) is 4.74 Å². The van der Waals surface area contributed by atoms with Gasteiger partial charge in [0.15, 0.2) is 0 Å². The molecule has 0 bridgehead atoms. The Morgan fingerprint density at radius 2 is 2.38 bits per heavy atom. The Bertz CT molecular complexity index is 394. The minimum absolute atomic E-state index is 0.694. The van der Waals surface area contributed by atoms with E-state index in [2.05, 4.69) is 24.4 Å². The largest absolute Gasteiger partial charge is 0.493 e. The van der Waals surface area contributed by atoms with Crippen molar-refractivity contribution in [1.82, 2.24) is 5.32 Å². The van der Waals surface area contributed by atoms with Gasteiger partial charge in [0, 0.05) is 12.5 Å². The first kappa shape index (κ1) is 10.2. The van der Waals surface area contributed by atoms with Crippen LogP contribution in [0.1, 0.15) is 29.5 Å². The third-order valence-electron chi connectivity index (χ3n) is 3.78. The van der Waals surface area contributed by atoms with E-state index in [1.807, 2.05) is 0 Å². The average molecular weight is 217 g/mol. The van der Waals surface area contributed by atoms with Crippen LogP contribution in [0.25, 0.3) is 0 Å². The maximum atomic E-state index is 5.59. The monoisotopic (exact) mass is 217 g/mol. The normalized spacial score (nSPS) is 23.2. The van der Waals surface area contributed by atoms with Gasteiger partial charge in [0.2, 0.25) is 0 Å². The van der Waals surface area contributed by atoms with Crippen molar-refractivity contribution < 1.29 is 4.74 Å². The first-order valence-electron chi connectivity index (χ1n) is 6.31. The Labute approximate surface area is 97.0 Å². The summed E-state index contributed by atoms with van der Waals surface area (Å²) in [4.78, 5) is 0. The molecular formula is C14H19NO. The van der Waals surface area contributed by atoms with Crippen LogP contribution in [0.15, 0.2) is 12.1 Å².